The zero-order valence-corrected chi connectivity index (χ0v) is 9.48. The van der Waals surface area contributed by atoms with Gasteiger partial charge in [-0.25, -0.2) is 4.79 Å². The van der Waals surface area contributed by atoms with Gasteiger partial charge in [-0.1, -0.05) is 0 Å². The summed E-state index contributed by atoms with van der Waals surface area (Å²) >= 11 is 0. The lowest BCUT2D eigenvalue weighted by atomic mass is 10.1. The van der Waals surface area contributed by atoms with Crippen LogP contribution in [0.3, 0.4) is 0 Å². The zero-order valence-electron chi connectivity index (χ0n) is 9.48. The first-order valence-electron chi connectivity index (χ1n) is 4.72. The third-order valence-electron chi connectivity index (χ3n) is 2.28. The Hall–Kier alpha value is -1.67. The molecule has 0 aliphatic heterocycles. The van der Waals surface area contributed by atoms with E-state index in [1.54, 1.807) is 6.20 Å². The highest BCUT2D eigenvalue weighted by atomic mass is 16.1. The molecule has 0 atom stereocenters. The first kappa shape index (κ1) is 11.4. The maximum atomic E-state index is 10.1. The van der Waals surface area contributed by atoms with Crippen molar-refractivity contribution < 1.29 is 4.79 Å². The fourth-order valence-electron chi connectivity index (χ4n) is 1.10. The number of hydrogen-bond acceptors (Lipinski definition) is 4. The highest BCUT2D eigenvalue weighted by molar-refractivity contribution is 5.57. The predicted octanol–water partition coefficient (Wildman–Crippen LogP) is 2.28. The molecule has 0 spiro atoms. The van der Waals surface area contributed by atoms with E-state index in [-0.39, 0.29) is 5.54 Å². The number of aromatic nitrogens is 1. The maximum Gasteiger partial charge on any atom is 0.240 e. The van der Waals surface area contributed by atoms with Gasteiger partial charge in [-0.3, -0.25) is 4.98 Å². The second kappa shape index (κ2) is 4.24. The molecule has 0 saturated heterocycles. The van der Waals surface area contributed by atoms with E-state index in [1.807, 2.05) is 13.1 Å². The fourth-order valence-corrected chi connectivity index (χ4v) is 1.10. The molecule has 4 heteroatoms. The Morgan fingerprint density at radius 3 is 2.60 bits per heavy atom. The SMILES string of the molecule is CN(c1cncc(N=C=O)c1)C(C)(C)C. The second-order valence-corrected chi connectivity index (χ2v) is 4.33. The summed E-state index contributed by atoms with van der Waals surface area (Å²) in [5, 5.41) is 0. The molecule has 0 unspecified atom stereocenters. The molecule has 0 saturated carbocycles. The Bertz CT molecular complexity index is 389. The van der Waals surface area contributed by atoms with Crippen LogP contribution in [0.15, 0.2) is 23.5 Å². The number of anilines is 1. The van der Waals surface area contributed by atoms with Crippen LogP contribution in [0.1, 0.15) is 20.8 Å². The number of carbonyl (C=O) groups excluding carboxylic acids is 1. The quantitative estimate of drug-likeness (QED) is 0.549. The standard InChI is InChI=1S/C11H15N3O/c1-11(2,3)14(4)10-5-9(13-8-15)6-12-7-10/h5-7H,1-4H3. The molecular formula is C11H15N3O. The van der Waals surface area contributed by atoms with Crippen LogP contribution >= 0.6 is 0 Å². The number of nitrogens with zero attached hydrogens (tertiary/aromatic N) is 3. The van der Waals surface area contributed by atoms with Crippen LogP contribution in [-0.4, -0.2) is 23.7 Å². The molecule has 80 valence electrons. The number of rotatable bonds is 2. The van der Waals surface area contributed by atoms with Crippen LogP contribution in [0.25, 0.3) is 0 Å². The van der Waals surface area contributed by atoms with E-state index in [0.717, 1.165) is 5.69 Å². The van der Waals surface area contributed by atoms with Gasteiger partial charge in [-0.2, -0.15) is 4.99 Å². The minimum absolute atomic E-state index is 0.00516. The van der Waals surface area contributed by atoms with Crippen LogP contribution < -0.4 is 4.90 Å². The fraction of sp³-hybridized carbons (Fsp3) is 0.455. The van der Waals surface area contributed by atoms with Crippen molar-refractivity contribution in [1.82, 2.24) is 4.98 Å². The molecule has 1 aromatic rings. The normalized spacial score (nSPS) is 10.7. The van der Waals surface area contributed by atoms with E-state index in [9.17, 15) is 4.79 Å². The van der Waals surface area contributed by atoms with Gasteiger partial charge in [0.25, 0.3) is 0 Å². The van der Waals surface area contributed by atoms with E-state index in [0.29, 0.717) is 5.69 Å². The molecule has 0 N–H and O–H groups in total. The van der Waals surface area contributed by atoms with Crippen molar-refractivity contribution in [3.63, 3.8) is 0 Å². The summed E-state index contributed by atoms with van der Waals surface area (Å²) in [5.41, 5.74) is 1.46. The highest BCUT2D eigenvalue weighted by Crippen LogP contribution is 2.24. The number of aliphatic imine (C=N–C) groups is 1. The van der Waals surface area contributed by atoms with E-state index < -0.39 is 0 Å². The molecular weight excluding hydrogens is 190 g/mol. The van der Waals surface area contributed by atoms with Crippen molar-refractivity contribution >= 4 is 17.5 Å². The van der Waals surface area contributed by atoms with Gasteiger partial charge in [0.15, 0.2) is 0 Å². The lowest BCUT2D eigenvalue weighted by molar-refractivity contribution is 0.538. The molecule has 0 bridgehead atoms. The van der Waals surface area contributed by atoms with Gasteiger partial charge < -0.3 is 4.90 Å². The van der Waals surface area contributed by atoms with Gasteiger partial charge >= 0.3 is 0 Å². The topological polar surface area (TPSA) is 45.6 Å². The van der Waals surface area contributed by atoms with Gasteiger partial charge in [-0.15, -0.1) is 0 Å². The Morgan fingerprint density at radius 1 is 1.40 bits per heavy atom. The number of pyridine rings is 1. The van der Waals surface area contributed by atoms with E-state index >= 15 is 0 Å². The molecule has 0 amide bonds. The van der Waals surface area contributed by atoms with Gasteiger partial charge in [0.05, 0.1) is 23.8 Å². The minimum atomic E-state index is 0.00516. The summed E-state index contributed by atoms with van der Waals surface area (Å²) < 4.78 is 0. The van der Waals surface area contributed by atoms with Crippen molar-refractivity contribution in [2.24, 2.45) is 4.99 Å². The summed E-state index contributed by atoms with van der Waals surface area (Å²) in [6.45, 7) is 6.30. The molecule has 0 aromatic carbocycles. The summed E-state index contributed by atoms with van der Waals surface area (Å²) in [6.07, 6.45) is 4.78. The molecule has 4 nitrogen and oxygen atoms in total. The predicted molar refractivity (Wildman–Crippen MR) is 60.2 cm³/mol. The van der Waals surface area contributed by atoms with Crippen LogP contribution in [-0.2, 0) is 4.79 Å². The Balaban J connectivity index is 3.05. The largest absolute Gasteiger partial charge is 0.368 e. The van der Waals surface area contributed by atoms with Gasteiger partial charge in [-0.05, 0) is 26.8 Å². The smallest absolute Gasteiger partial charge is 0.240 e. The third kappa shape index (κ3) is 2.89. The Labute approximate surface area is 89.7 Å². The van der Waals surface area contributed by atoms with Crippen molar-refractivity contribution in [3.05, 3.63) is 18.5 Å². The van der Waals surface area contributed by atoms with Crippen molar-refractivity contribution in [3.8, 4) is 0 Å². The van der Waals surface area contributed by atoms with E-state index in [1.165, 1.54) is 12.3 Å². The molecule has 0 aliphatic carbocycles. The maximum absolute atomic E-state index is 10.1. The first-order valence-corrected chi connectivity index (χ1v) is 4.72. The number of isocyanates is 1. The molecule has 0 radical (unpaired) electrons. The van der Waals surface area contributed by atoms with Gasteiger partial charge in [0.1, 0.15) is 0 Å². The molecule has 15 heavy (non-hydrogen) atoms. The lowest BCUT2D eigenvalue weighted by Gasteiger charge is -2.33. The van der Waals surface area contributed by atoms with Crippen LogP contribution in [0.4, 0.5) is 11.4 Å². The monoisotopic (exact) mass is 205 g/mol. The first-order chi connectivity index (χ1) is 6.95. The average molecular weight is 205 g/mol. The van der Waals surface area contributed by atoms with Crippen molar-refractivity contribution in [1.29, 1.82) is 0 Å². The molecule has 0 aliphatic rings. The summed E-state index contributed by atoms with van der Waals surface area (Å²) in [5.74, 6) is 0. The third-order valence-corrected chi connectivity index (χ3v) is 2.28. The Morgan fingerprint density at radius 2 is 2.07 bits per heavy atom. The second-order valence-electron chi connectivity index (χ2n) is 4.33. The van der Waals surface area contributed by atoms with Crippen molar-refractivity contribution in [2.75, 3.05) is 11.9 Å². The van der Waals surface area contributed by atoms with Crippen LogP contribution in [0.5, 0.6) is 0 Å². The minimum Gasteiger partial charge on any atom is -0.368 e. The molecule has 1 aromatic heterocycles. The lowest BCUT2D eigenvalue weighted by Crippen LogP contribution is -2.38. The zero-order chi connectivity index (χ0) is 11.5. The molecule has 1 rings (SSSR count). The summed E-state index contributed by atoms with van der Waals surface area (Å²) in [4.78, 5) is 19.8. The number of hydrogen-bond donors (Lipinski definition) is 0. The average Bonchev–Trinajstić information content (AvgIpc) is 2.16. The summed E-state index contributed by atoms with van der Waals surface area (Å²) in [6, 6.07) is 1.81. The van der Waals surface area contributed by atoms with Gasteiger partial charge in [0.2, 0.25) is 6.08 Å². The summed E-state index contributed by atoms with van der Waals surface area (Å²) in [7, 11) is 1.98. The van der Waals surface area contributed by atoms with Crippen LogP contribution in [0, 0.1) is 0 Å². The highest BCUT2D eigenvalue weighted by Gasteiger charge is 2.17. The van der Waals surface area contributed by atoms with Crippen molar-refractivity contribution in [2.45, 2.75) is 26.3 Å². The van der Waals surface area contributed by atoms with Crippen LogP contribution in [0.2, 0.25) is 0 Å². The molecule has 0 fully saturated rings. The molecule has 1 heterocycles. The van der Waals surface area contributed by atoms with Gasteiger partial charge in [0, 0.05) is 12.6 Å². The Kier molecular flexibility index (Phi) is 3.22. The van der Waals surface area contributed by atoms with E-state index in [4.69, 9.17) is 0 Å². The van der Waals surface area contributed by atoms with E-state index in [2.05, 4.69) is 35.6 Å².